The standard InChI is InChI=1S/C20H38N4O.ClH/c1-2-3-4-5-6-7-8-9-10-11-12-13-14-15-23-16-17-24(19-23)18-20(21)22-25;/h16-17,19H,2-15,18H2,1H3,(H2-,21,22,25);1H/p+1. The smallest absolute Gasteiger partial charge is 0.244 e. The van der Waals surface area contributed by atoms with Gasteiger partial charge >= 0.3 is 0 Å². The first-order valence-corrected chi connectivity index (χ1v) is 10.3. The van der Waals surface area contributed by atoms with Gasteiger partial charge in [0.25, 0.3) is 0 Å². The first-order valence-electron chi connectivity index (χ1n) is 10.3. The highest BCUT2D eigenvalue weighted by molar-refractivity contribution is 5.85. The number of nitrogens with two attached hydrogens (primary N) is 1. The first kappa shape index (κ1) is 24.8. The van der Waals surface area contributed by atoms with E-state index in [2.05, 4.69) is 16.6 Å². The van der Waals surface area contributed by atoms with E-state index in [1.54, 1.807) is 0 Å². The first-order chi connectivity index (χ1) is 12.3. The number of hydrogen-bond acceptors (Lipinski definition) is 2. The van der Waals surface area contributed by atoms with Gasteiger partial charge in [-0.05, 0) is 12.8 Å². The Labute approximate surface area is 166 Å². The number of aryl methyl sites for hydroxylation is 1. The zero-order valence-electron chi connectivity index (χ0n) is 16.6. The van der Waals surface area contributed by atoms with Crippen molar-refractivity contribution >= 4 is 18.2 Å². The van der Waals surface area contributed by atoms with E-state index in [1.807, 2.05) is 23.3 Å². The maximum atomic E-state index is 8.58. The number of nitrogens with zero attached hydrogens (tertiary/aromatic N) is 3. The second-order valence-electron chi connectivity index (χ2n) is 7.16. The molecule has 0 saturated heterocycles. The van der Waals surface area contributed by atoms with Crippen LogP contribution in [0.15, 0.2) is 23.9 Å². The minimum atomic E-state index is 0. The molecule has 0 aliphatic carbocycles. The Balaban J connectivity index is 0.00000625. The molecule has 0 radical (unpaired) electrons. The van der Waals surface area contributed by atoms with Crippen LogP contribution in [0.3, 0.4) is 0 Å². The SMILES string of the molecule is CCCCCCCCCCCCCCCn1cc[n+](C/C(N)=N/O)c1.Cl. The predicted molar refractivity (Wildman–Crippen MR) is 111 cm³/mol. The van der Waals surface area contributed by atoms with Gasteiger partial charge in [0, 0.05) is 0 Å². The molecule has 3 N–H and O–H groups in total. The quantitative estimate of drug-likeness (QED) is 0.104. The maximum absolute atomic E-state index is 8.58. The molecule has 0 amide bonds. The lowest BCUT2D eigenvalue weighted by Gasteiger charge is -2.02. The Kier molecular flexibility index (Phi) is 16.4. The summed E-state index contributed by atoms with van der Waals surface area (Å²) in [6.45, 7) is 3.75. The van der Waals surface area contributed by atoms with E-state index in [4.69, 9.17) is 10.9 Å². The third-order valence-electron chi connectivity index (χ3n) is 4.74. The third-order valence-corrected chi connectivity index (χ3v) is 4.74. The van der Waals surface area contributed by atoms with Crippen molar-refractivity contribution < 1.29 is 9.77 Å². The van der Waals surface area contributed by atoms with Crippen LogP contribution in [-0.2, 0) is 13.1 Å². The van der Waals surface area contributed by atoms with Gasteiger partial charge in [0.05, 0.1) is 6.54 Å². The van der Waals surface area contributed by atoms with E-state index in [0.717, 1.165) is 6.54 Å². The lowest BCUT2D eigenvalue weighted by atomic mass is 10.0. The molecule has 1 rings (SSSR count). The fraction of sp³-hybridized carbons (Fsp3) is 0.800. The molecule has 0 aliphatic rings. The zero-order chi connectivity index (χ0) is 18.2. The minimum Gasteiger partial charge on any atom is -0.409 e. The van der Waals surface area contributed by atoms with Crippen molar-refractivity contribution in [3.05, 3.63) is 18.7 Å². The fourth-order valence-electron chi connectivity index (χ4n) is 3.20. The summed E-state index contributed by atoms with van der Waals surface area (Å²) in [5.74, 6) is 0.226. The van der Waals surface area contributed by atoms with Crippen molar-refractivity contribution in [2.75, 3.05) is 0 Å². The van der Waals surface area contributed by atoms with Gasteiger partial charge in [0.2, 0.25) is 6.33 Å². The van der Waals surface area contributed by atoms with Crippen LogP contribution in [0.25, 0.3) is 0 Å². The second-order valence-corrected chi connectivity index (χ2v) is 7.16. The molecular formula is C20H40ClN4O+. The largest absolute Gasteiger partial charge is 0.409 e. The van der Waals surface area contributed by atoms with E-state index < -0.39 is 0 Å². The summed E-state index contributed by atoms with van der Waals surface area (Å²) in [5.41, 5.74) is 5.51. The van der Waals surface area contributed by atoms with Crippen molar-refractivity contribution in [1.29, 1.82) is 0 Å². The molecule has 0 aliphatic heterocycles. The third kappa shape index (κ3) is 13.0. The van der Waals surface area contributed by atoms with Gasteiger partial charge < -0.3 is 10.9 Å². The predicted octanol–water partition coefficient (Wildman–Crippen LogP) is 5.04. The Hall–Kier alpha value is -1.23. The minimum absolute atomic E-state index is 0. The molecule has 152 valence electrons. The van der Waals surface area contributed by atoms with Crippen LogP contribution in [0.4, 0.5) is 0 Å². The molecule has 1 aromatic rings. The molecule has 26 heavy (non-hydrogen) atoms. The van der Waals surface area contributed by atoms with Crippen LogP contribution in [0, 0.1) is 0 Å². The summed E-state index contributed by atoms with van der Waals surface area (Å²) in [5, 5.41) is 11.6. The number of unbranched alkanes of at least 4 members (excludes halogenated alkanes) is 12. The second kappa shape index (κ2) is 17.2. The molecule has 0 aromatic carbocycles. The van der Waals surface area contributed by atoms with Gasteiger partial charge in [-0.15, -0.1) is 12.4 Å². The number of aromatic nitrogens is 2. The van der Waals surface area contributed by atoms with E-state index in [9.17, 15) is 0 Å². The van der Waals surface area contributed by atoms with Crippen molar-refractivity contribution in [2.45, 2.75) is 103 Å². The van der Waals surface area contributed by atoms with Crippen LogP contribution in [0.5, 0.6) is 0 Å². The van der Waals surface area contributed by atoms with E-state index in [0.29, 0.717) is 6.54 Å². The number of imidazole rings is 1. The summed E-state index contributed by atoms with van der Waals surface area (Å²) in [6.07, 6.45) is 24.0. The lowest BCUT2D eigenvalue weighted by Crippen LogP contribution is -2.39. The van der Waals surface area contributed by atoms with Crippen LogP contribution in [0.2, 0.25) is 0 Å². The van der Waals surface area contributed by atoms with E-state index in [1.165, 1.54) is 83.5 Å². The Bertz CT molecular complexity index is 462. The Morgan fingerprint density at radius 3 is 1.92 bits per heavy atom. The highest BCUT2D eigenvalue weighted by atomic mass is 35.5. The summed E-state index contributed by atoms with van der Waals surface area (Å²) in [6, 6.07) is 0. The molecule has 5 nitrogen and oxygen atoms in total. The van der Waals surface area contributed by atoms with Crippen molar-refractivity contribution in [1.82, 2.24) is 4.57 Å². The van der Waals surface area contributed by atoms with Gasteiger partial charge in [-0.1, -0.05) is 82.7 Å². The van der Waals surface area contributed by atoms with Gasteiger partial charge in [-0.25, -0.2) is 9.13 Å². The van der Waals surface area contributed by atoms with Crippen molar-refractivity contribution in [2.24, 2.45) is 10.9 Å². The van der Waals surface area contributed by atoms with Crippen molar-refractivity contribution in [3.63, 3.8) is 0 Å². The topological polar surface area (TPSA) is 67.4 Å². The van der Waals surface area contributed by atoms with Crippen LogP contribution in [-0.4, -0.2) is 15.6 Å². The normalized spacial score (nSPS) is 11.5. The average Bonchev–Trinajstić information content (AvgIpc) is 3.06. The average molecular weight is 388 g/mol. The highest BCUT2D eigenvalue weighted by Crippen LogP contribution is 2.12. The molecule has 0 spiro atoms. The van der Waals surface area contributed by atoms with Gasteiger partial charge in [0.1, 0.15) is 12.4 Å². The zero-order valence-corrected chi connectivity index (χ0v) is 17.4. The van der Waals surface area contributed by atoms with Gasteiger partial charge in [0.15, 0.2) is 12.4 Å². The summed E-state index contributed by atoms with van der Waals surface area (Å²) < 4.78 is 4.10. The molecular weight excluding hydrogens is 348 g/mol. The van der Waals surface area contributed by atoms with Gasteiger partial charge in [-0.3, -0.25) is 0 Å². The molecule has 1 heterocycles. The number of rotatable bonds is 16. The maximum Gasteiger partial charge on any atom is 0.244 e. The number of halogens is 1. The monoisotopic (exact) mass is 387 g/mol. The van der Waals surface area contributed by atoms with Gasteiger partial charge in [-0.2, -0.15) is 0 Å². The highest BCUT2D eigenvalue weighted by Gasteiger charge is 2.05. The Morgan fingerprint density at radius 2 is 1.42 bits per heavy atom. The number of hydrogen-bond donors (Lipinski definition) is 2. The molecule has 1 aromatic heterocycles. The van der Waals surface area contributed by atoms with E-state index >= 15 is 0 Å². The van der Waals surface area contributed by atoms with E-state index in [-0.39, 0.29) is 18.2 Å². The fourth-order valence-corrected chi connectivity index (χ4v) is 3.20. The summed E-state index contributed by atoms with van der Waals surface area (Å²) in [7, 11) is 0. The molecule has 6 heteroatoms. The number of amidine groups is 1. The van der Waals surface area contributed by atoms with Crippen molar-refractivity contribution in [3.8, 4) is 0 Å². The molecule has 0 atom stereocenters. The summed E-state index contributed by atoms with van der Waals surface area (Å²) >= 11 is 0. The summed E-state index contributed by atoms with van der Waals surface area (Å²) in [4.78, 5) is 0. The lowest BCUT2D eigenvalue weighted by molar-refractivity contribution is -0.681. The Morgan fingerprint density at radius 1 is 0.923 bits per heavy atom. The molecule has 0 unspecified atom stereocenters. The molecule has 0 bridgehead atoms. The van der Waals surface area contributed by atoms with Crippen LogP contribution < -0.4 is 10.3 Å². The van der Waals surface area contributed by atoms with Crippen LogP contribution in [0.1, 0.15) is 90.4 Å². The molecule has 0 fully saturated rings. The number of oxime groups is 1. The van der Waals surface area contributed by atoms with Crippen LogP contribution >= 0.6 is 12.4 Å². The molecule has 0 saturated carbocycles.